The van der Waals surface area contributed by atoms with E-state index in [0.717, 1.165) is 15.9 Å². The molecule has 1 aromatic heterocycles. The van der Waals surface area contributed by atoms with Crippen LogP contribution >= 0.6 is 0 Å². The van der Waals surface area contributed by atoms with Crippen LogP contribution in [0.5, 0.6) is 0 Å². The summed E-state index contributed by atoms with van der Waals surface area (Å²) in [5.74, 6) is -0.0825. The Morgan fingerprint density at radius 1 is 0.886 bits per heavy atom. The molecule has 5 rings (SSSR count). The summed E-state index contributed by atoms with van der Waals surface area (Å²) in [5.41, 5.74) is 4.89. The smallest absolute Gasteiger partial charge is 0.372 e. The van der Waals surface area contributed by atoms with E-state index in [1.165, 1.54) is 4.90 Å². The van der Waals surface area contributed by atoms with Gasteiger partial charge in [0, 0.05) is 31.9 Å². The lowest BCUT2D eigenvalue weighted by Crippen LogP contribution is -2.31. The van der Waals surface area contributed by atoms with Crippen molar-refractivity contribution >= 4 is 11.6 Å². The Balaban J connectivity index is 1.63. The van der Waals surface area contributed by atoms with E-state index >= 15 is 0 Å². The van der Waals surface area contributed by atoms with Crippen LogP contribution in [0, 0.1) is 0 Å². The largest absolute Gasteiger partial charge is 0.416 e. The van der Waals surface area contributed by atoms with Gasteiger partial charge in [0.05, 0.1) is 43.3 Å². The lowest BCUT2D eigenvalue weighted by atomic mass is 9.95. The van der Waals surface area contributed by atoms with Crippen molar-refractivity contribution in [2.24, 2.45) is 5.73 Å². The lowest BCUT2D eigenvalue weighted by Gasteiger charge is -2.33. The van der Waals surface area contributed by atoms with Gasteiger partial charge in [0.1, 0.15) is 0 Å². The van der Waals surface area contributed by atoms with Crippen molar-refractivity contribution in [3.63, 3.8) is 0 Å². The fraction of sp³-hybridized carbons (Fsp3) is 0.519. The fourth-order valence-corrected chi connectivity index (χ4v) is 5.53. The van der Waals surface area contributed by atoms with E-state index in [1.54, 1.807) is 17.0 Å². The molecular weight excluding hydrogens is 609 g/mol. The molecule has 44 heavy (non-hydrogen) atoms. The van der Waals surface area contributed by atoms with E-state index < -0.39 is 48.7 Å². The van der Waals surface area contributed by atoms with E-state index in [2.05, 4.69) is 15.4 Å². The Labute approximate surface area is 245 Å². The summed E-state index contributed by atoms with van der Waals surface area (Å²) >= 11 is 0. The standard InChI is InChI=1S/C27H28F9N7O/c28-25(29,30)3-6-41-5-1-2-22(21-10-17-14-44-15-18(17)11-23(21)41)42(24-38-40-43(39-24)7-4-37)13-16-8-19(26(31,32)33)12-20(9-16)27(34,35)36/h8-12,22H,1-7,13-15,37H2. The summed E-state index contributed by atoms with van der Waals surface area (Å²) in [6.07, 6.45) is -15.0. The van der Waals surface area contributed by atoms with Gasteiger partial charge in [-0.3, -0.25) is 0 Å². The molecule has 2 aliphatic rings. The zero-order valence-corrected chi connectivity index (χ0v) is 23.1. The van der Waals surface area contributed by atoms with Gasteiger partial charge in [-0.15, -0.1) is 5.10 Å². The number of tetrazole rings is 1. The summed E-state index contributed by atoms with van der Waals surface area (Å²) < 4.78 is 127. The molecule has 0 aliphatic carbocycles. The number of hydrogen-bond donors (Lipinski definition) is 1. The van der Waals surface area contributed by atoms with Gasteiger partial charge in [-0.2, -0.15) is 44.3 Å². The monoisotopic (exact) mass is 637 g/mol. The van der Waals surface area contributed by atoms with E-state index in [-0.39, 0.29) is 63.4 Å². The molecule has 0 spiro atoms. The summed E-state index contributed by atoms with van der Waals surface area (Å²) in [4.78, 5) is 4.20. The fourth-order valence-electron chi connectivity index (χ4n) is 5.53. The molecule has 17 heteroatoms. The molecule has 2 N–H and O–H groups in total. The van der Waals surface area contributed by atoms with E-state index in [1.807, 2.05) is 0 Å². The van der Waals surface area contributed by atoms with Crippen molar-refractivity contribution in [1.29, 1.82) is 0 Å². The van der Waals surface area contributed by atoms with Crippen molar-refractivity contribution in [3.8, 4) is 0 Å². The maximum absolute atomic E-state index is 13.7. The van der Waals surface area contributed by atoms with Crippen LogP contribution in [0.1, 0.15) is 58.7 Å². The molecule has 0 radical (unpaired) electrons. The van der Waals surface area contributed by atoms with Gasteiger partial charge in [0.15, 0.2) is 0 Å². The molecule has 0 saturated heterocycles. The molecule has 1 unspecified atom stereocenters. The first kappa shape index (κ1) is 31.8. The third-order valence-electron chi connectivity index (χ3n) is 7.54. The number of anilines is 2. The molecule has 0 fully saturated rings. The SMILES string of the molecule is NCCn1nnc(N(Cc2cc(C(F)(F)F)cc(C(F)(F)F)c2)C2CCCN(CCC(F)(F)F)c3cc4c(cc32)COC4)n1. The van der Waals surface area contributed by atoms with Gasteiger partial charge in [-0.1, -0.05) is 5.10 Å². The van der Waals surface area contributed by atoms with E-state index in [0.29, 0.717) is 29.8 Å². The molecule has 0 saturated carbocycles. The zero-order chi connectivity index (χ0) is 31.9. The summed E-state index contributed by atoms with van der Waals surface area (Å²) in [7, 11) is 0. The van der Waals surface area contributed by atoms with Crippen LogP contribution in [0.4, 0.5) is 51.1 Å². The van der Waals surface area contributed by atoms with E-state index in [4.69, 9.17) is 10.5 Å². The van der Waals surface area contributed by atoms with Gasteiger partial charge in [0.2, 0.25) is 0 Å². The summed E-state index contributed by atoms with van der Waals surface area (Å²) in [5, 5.41) is 12.2. The maximum Gasteiger partial charge on any atom is 0.416 e. The van der Waals surface area contributed by atoms with Crippen LogP contribution in [0.2, 0.25) is 0 Å². The first-order valence-corrected chi connectivity index (χ1v) is 13.7. The highest BCUT2D eigenvalue weighted by molar-refractivity contribution is 5.62. The van der Waals surface area contributed by atoms with Gasteiger partial charge in [-0.05, 0) is 70.6 Å². The highest BCUT2D eigenvalue weighted by atomic mass is 19.4. The van der Waals surface area contributed by atoms with Gasteiger partial charge >= 0.3 is 18.5 Å². The van der Waals surface area contributed by atoms with Gasteiger partial charge in [-0.25, -0.2) is 0 Å². The maximum atomic E-state index is 13.7. The van der Waals surface area contributed by atoms with Crippen molar-refractivity contribution in [3.05, 3.63) is 63.7 Å². The minimum atomic E-state index is -5.06. The Kier molecular flexibility index (Phi) is 8.72. The highest BCUT2D eigenvalue weighted by Gasteiger charge is 2.38. The number of benzene rings is 2. The topological polar surface area (TPSA) is 85.3 Å². The number of ether oxygens (including phenoxy) is 1. The number of aromatic nitrogens is 4. The summed E-state index contributed by atoms with van der Waals surface area (Å²) in [6, 6.07) is 4.10. The van der Waals surface area contributed by atoms with Crippen LogP contribution in [0.3, 0.4) is 0 Å². The lowest BCUT2D eigenvalue weighted by molar-refractivity contribution is -0.143. The van der Waals surface area contributed by atoms with Crippen LogP contribution in [-0.2, 0) is 43.4 Å². The van der Waals surface area contributed by atoms with Gasteiger partial charge in [0.25, 0.3) is 5.95 Å². The Hall–Kier alpha value is -3.60. The minimum absolute atomic E-state index is 0.0480. The third kappa shape index (κ3) is 7.20. The third-order valence-corrected chi connectivity index (χ3v) is 7.54. The zero-order valence-electron chi connectivity index (χ0n) is 23.1. The molecule has 3 heterocycles. The number of alkyl halides is 9. The van der Waals surface area contributed by atoms with Crippen molar-refractivity contribution < 1.29 is 44.3 Å². The first-order chi connectivity index (χ1) is 20.6. The van der Waals surface area contributed by atoms with Crippen LogP contribution < -0.4 is 15.5 Å². The molecule has 8 nitrogen and oxygen atoms in total. The Morgan fingerprint density at radius 2 is 1.55 bits per heavy atom. The molecule has 2 aromatic carbocycles. The van der Waals surface area contributed by atoms with Crippen LogP contribution in [-0.4, -0.2) is 46.0 Å². The number of nitrogens with zero attached hydrogens (tertiary/aromatic N) is 6. The second-order valence-corrected chi connectivity index (χ2v) is 10.7. The van der Waals surface area contributed by atoms with Crippen molar-refractivity contribution in [1.82, 2.24) is 20.2 Å². The number of hydrogen-bond acceptors (Lipinski definition) is 7. The first-order valence-electron chi connectivity index (χ1n) is 13.7. The molecule has 0 amide bonds. The molecule has 2 aliphatic heterocycles. The predicted molar refractivity (Wildman–Crippen MR) is 139 cm³/mol. The average molecular weight is 638 g/mol. The highest BCUT2D eigenvalue weighted by Crippen LogP contribution is 2.43. The number of fused-ring (bicyclic) bond motifs is 2. The van der Waals surface area contributed by atoms with Gasteiger partial charge < -0.3 is 20.3 Å². The quantitative estimate of drug-likeness (QED) is 0.304. The van der Waals surface area contributed by atoms with Crippen LogP contribution in [0.25, 0.3) is 0 Å². The Bertz CT molecular complexity index is 1440. The van der Waals surface area contributed by atoms with Crippen molar-refractivity contribution in [2.45, 2.75) is 70.1 Å². The second-order valence-electron chi connectivity index (χ2n) is 10.7. The van der Waals surface area contributed by atoms with E-state index in [9.17, 15) is 39.5 Å². The van der Waals surface area contributed by atoms with Crippen LogP contribution in [0.15, 0.2) is 30.3 Å². The predicted octanol–water partition coefficient (Wildman–Crippen LogP) is 6.00. The minimum Gasteiger partial charge on any atom is -0.372 e. The molecule has 1 atom stereocenters. The molecule has 240 valence electrons. The normalized spacial score (nSPS) is 17.4. The number of rotatable bonds is 8. The molecular formula is C27H28F9N7O. The number of nitrogens with two attached hydrogens (primary N) is 1. The molecule has 3 aromatic rings. The Morgan fingerprint density at radius 3 is 2.16 bits per heavy atom. The second kappa shape index (κ2) is 12.1. The number of halogens is 9. The molecule has 0 bridgehead atoms. The summed E-state index contributed by atoms with van der Waals surface area (Å²) in [6.45, 7) is 0.180. The average Bonchev–Trinajstić information content (AvgIpc) is 3.55. The van der Waals surface area contributed by atoms with Crippen molar-refractivity contribution in [2.75, 3.05) is 29.4 Å².